The van der Waals surface area contributed by atoms with Gasteiger partial charge in [-0.15, -0.1) is 0 Å². The molecule has 30 heavy (non-hydrogen) atoms. The van der Waals surface area contributed by atoms with E-state index in [1.54, 1.807) is 6.07 Å². The summed E-state index contributed by atoms with van der Waals surface area (Å²) in [4.78, 5) is 25.1. The molecule has 2 saturated carbocycles. The maximum atomic E-state index is 13.0. The van der Waals surface area contributed by atoms with E-state index in [0.29, 0.717) is 18.4 Å². The van der Waals surface area contributed by atoms with Crippen LogP contribution in [-0.2, 0) is 14.8 Å². The summed E-state index contributed by atoms with van der Waals surface area (Å²) in [5.41, 5.74) is -0.960. The van der Waals surface area contributed by atoms with E-state index < -0.39 is 21.0 Å². The molecule has 1 amide bonds. The summed E-state index contributed by atoms with van der Waals surface area (Å²) in [7, 11) is -2.39. The van der Waals surface area contributed by atoms with Gasteiger partial charge in [0.1, 0.15) is 11.5 Å². The Bertz CT molecular complexity index is 978. The second-order valence-electron chi connectivity index (χ2n) is 10.1. The fourth-order valence-electron chi connectivity index (χ4n) is 4.97. The summed E-state index contributed by atoms with van der Waals surface area (Å²) < 4.78 is 34.0. The van der Waals surface area contributed by atoms with Crippen molar-refractivity contribution < 1.29 is 22.7 Å². The first-order valence-electron chi connectivity index (χ1n) is 10.3. The molecule has 0 aromatic heterocycles. The molecule has 0 heterocycles. The number of carbonyl (C=O) groups is 2. The maximum absolute atomic E-state index is 13.0. The second kappa shape index (κ2) is 7.25. The monoisotopic (exact) mass is 436 g/mol. The number of hydrogen-bond acceptors (Lipinski definition) is 5. The molecular formula is C22H32N2O5S. The highest BCUT2D eigenvalue weighted by atomic mass is 32.2. The van der Waals surface area contributed by atoms with Crippen molar-refractivity contribution in [2.75, 3.05) is 17.6 Å². The lowest BCUT2D eigenvalue weighted by Gasteiger charge is -2.36. The quantitative estimate of drug-likeness (QED) is 0.712. The number of ether oxygens (including phenoxy) is 1. The molecule has 2 aliphatic carbocycles. The average Bonchev–Trinajstić information content (AvgIpc) is 2.94. The van der Waals surface area contributed by atoms with Crippen LogP contribution in [0, 0.1) is 16.7 Å². The van der Waals surface area contributed by atoms with Crippen molar-refractivity contribution in [2.45, 2.75) is 59.4 Å². The number of ketones is 1. The Labute approximate surface area is 179 Å². The molecule has 0 radical (unpaired) electrons. The summed E-state index contributed by atoms with van der Waals surface area (Å²) in [5.74, 6) is 0.0339. The Morgan fingerprint density at radius 2 is 1.93 bits per heavy atom. The lowest BCUT2D eigenvalue weighted by Crippen LogP contribution is -2.43. The lowest BCUT2D eigenvalue weighted by atomic mass is 9.70. The van der Waals surface area contributed by atoms with Gasteiger partial charge in [-0.25, -0.2) is 8.42 Å². The number of sulfonamides is 1. The number of amides is 1. The van der Waals surface area contributed by atoms with Gasteiger partial charge in [-0.3, -0.25) is 14.3 Å². The Balaban J connectivity index is 1.83. The molecule has 3 rings (SSSR count). The summed E-state index contributed by atoms with van der Waals surface area (Å²) in [6.45, 7) is 9.65. The molecular weight excluding hydrogens is 404 g/mol. The molecule has 2 N–H and O–H groups in total. The fourth-order valence-corrected chi connectivity index (χ4v) is 6.87. The standard InChI is InChI=1S/C22H32N2O5S/c1-20(2,3)23-19(26)14-7-8-16(17(11-14)29-6)24-30(27,28)13-22-10-9-15(12-18(22)25)21(22,4)5/h7-8,11,15,24H,9-10,12-13H2,1-6H3,(H,23,26). The topological polar surface area (TPSA) is 102 Å². The van der Waals surface area contributed by atoms with E-state index in [1.807, 2.05) is 34.6 Å². The van der Waals surface area contributed by atoms with Crippen LogP contribution >= 0.6 is 0 Å². The van der Waals surface area contributed by atoms with Crippen LogP contribution in [0.15, 0.2) is 18.2 Å². The van der Waals surface area contributed by atoms with Crippen molar-refractivity contribution in [2.24, 2.45) is 16.7 Å². The molecule has 2 unspecified atom stereocenters. The van der Waals surface area contributed by atoms with Crippen molar-refractivity contribution in [3.63, 3.8) is 0 Å². The van der Waals surface area contributed by atoms with E-state index in [0.717, 1.165) is 6.42 Å². The highest BCUT2D eigenvalue weighted by Gasteiger charge is 2.65. The summed E-state index contributed by atoms with van der Waals surface area (Å²) in [6.07, 6.45) is 1.95. The van der Waals surface area contributed by atoms with Crippen LogP contribution in [-0.4, -0.2) is 38.5 Å². The molecule has 1 aromatic carbocycles. The van der Waals surface area contributed by atoms with Gasteiger partial charge in [0.15, 0.2) is 0 Å². The first-order valence-corrected chi connectivity index (χ1v) is 11.9. The number of hydrogen-bond donors (Lipinski definition) is 2. The van der Waals surface area contributed by atoms with Gasteiger partial charge in [-0.1, -0.05) is 13.8 Å². The zero-order valence-electron chi connectivity index (χ0n) is 18.6. The first-order chi connectivity index (χ1) is 13.7. The number of methoxy groups -OCH3 is 1. The minimum absolute atomic E-state index is 0.0512. The molecule has 2 aliphatic rings. The molecule has 166 valence electrons. The van der Waals surface area contributed by atoms with Crippen LogP contribution in [0.4, 0.5) is 5.69 Å². The smallest absolute Gasteiger partial charge is 0.251 e. The van der Waals surface area contributed by atoms with Gasteiger partial charge in [0.25, 0.3) is 5.91 Å². The second-order valence-corrected chi connectivity index (χ2v) is 11.9. The molecule has 0 spiro atoms. The maximum Gasteiger partial charge on any atom is 0.251 e. The number of rotatable bonds is 6. The number of Topliss-reactive ketones (excluding diaryl/α,β-unsaturated/α-hetero) is 1. The Morgan fingerprint density at radius 3 is 2.43 bits per heavy atom. The van der Waals surface area contributed by atoms with Crippen molar-refractivity contribution >= 4 is 27.4 Å². The minimum atomic E-state index is -3.81. The molecule has 2 fully saturated rings. The normalized spacial score (nSPS) is 25.3. The Kier molecular flexibility index (Phi) is 5.46. The van der Waals surface area contributed by atoms with Crippen molar-refractivity contribution in [1.29, 1.82) is 0 Å². The van der Waals surface area contributed by atoms with E-state index in [1.165, 1.54) is 19.2 Å². The molecule has 2 atom stereocenters. The number of carbonyl (C=O) groups excluding carboxylic acids is 2. The summed E-state index contributed by atoms with van der Waals surface area (Å²) in [5, 5.41) is 2.86. The van der Waals surface area contributed by atoms with Crippen LogP contribution in [0.25, 0.3) is 0 Å². The third-order valence-corrected chi connectivity index (χ3v) is 8.20. The zero-order valence-corrected chi connectivity index (χ0v) is 19.4. The van der Waals surface area contributed by atoms with Crippen molar-refractivity contribution in [3.8, 4) is 5.75 Å². The first kappa shape index (κ1) is 22.6. The van der Waals surface area contributed by atoms with Gasteiger partial charge in [-0.2, -0.15) is 0 Å². The van der Waals surface area contributed by atoms with Gasteiger partial charge in [-0.05, 0) is 63.1 Å². The van der Waals surface area contributed by atoms with Gasteiger partial charge >= 0.3 is 0 Å². The predicted molar refractivity (Wildman–Crippen MR) is 116 cm³/mol. The summed E-state index contributed by atoms with van der Waals surface area (Å²) >= 11 is 0. The van der Waals surface area contributed by atoms with E-state index in [-0.39, 0.29) is 40.2 Å². The third-order valence-electron chi connectivity index (χ3n) is 6.79. The largest absolute Gasteiger partial charge is 0.495 e. The van der Waals surface area contributed by atoms with Crippen LogP contribution in [0.3, 0.4) is 0 Å². The van der Waals surface area contributed by atoms with Crippen LogP contribution < -0.4 is 14.8 Å². The van der Waals surface area contributed by atoms with Gasteiger partial charge < -0.3 is 10.1 Å². The van der Waals surface area contributed by atoms with E-state index >= 15 is 0 Å². The van der Waals surface area contributed by atoms with Gasteiger partial charge in [0.05, 0.1) is 24.0 Å². The average molecular weight is 437 g/mol. The highest BCUT2D eigenvalue weighted by Crippen LogP contribution is 2.64. The molecule has 2 bridgehead atoms. The molecule has 8 heteroatoms. The molecule has 7 nitrogen and oxygen atoms in total. The molecule has 1 aromatic rings. The van der Waals surface area contributed by atoms with Crippen LogP contribution in [0.1, 0.15) is 64.2 Å². The van der Waals surface area contributed by atoms with Crippen LogP contribution in [0.5, 0.6) is 5.75 Å². The van der Waals surface area contributed by atoms with E-state index in [9.17, 15) is 18.0 Å². The highest BCUT2D eigenvalue weighted by molar-refractivity contribution is 7.92. The zero-order chi connectivity index (χ0) is 22.5. The van der Waals surface area contributed by atoms with Crippen molar-refractivity contribution in [3.05, 3.63) is 23.8 Å². The summed E-state index contributed by atoms with van der Waals surface area (Å²) in [6, 6.07) is 4.58. The Hall–Kier alpha value is -2.09. The van der Waals surface area contributed by atoms with Crippen LogP contribution in [0.2, 0.25) is 0 Å². The number of anilines is 1. The lowest BCUT2D eigenvalue weighted by molar-refractivity contribution is -0.128. The fraction of sp³-hybridized carbons (Fsp3) is 0.636. The Morgan fingerprint density at radius 1 is 1.27 bits per heavy atom. The minimum Gasteiger partial charge on any atom is -0.495 e. The van der Waals surface area contributed by atoms with Gasteiger partial charge in [0.2, 0.25) is 10.0 Å². The SMILES string of the molecule is COc1cc(C(=O)NC(C)(C)C)ccc1NS(=O)(=O)CC12CCC(CC1=O)C2(C)C. The van der Waals surface area contributed by atoms with E-state index in [2.05, 4.69) is 10.0 Å². The van der Waals surface area contributed by atoms with Crippen molar-refractivity contribution in [1.82, 2.24) is 5.32 Å². The van der Waals surface area contributed by atoms with E-state index in [4.69, 9.17) is 4.74 Å². The number of nitrogens with one attached hydrogen (secondary N) is 2. The molecule has 0 saturated heterocycles. The number of fused-ring (bicyclic) bond motifs is 2. The number of benzene rings is 1. The van der Waals surface area contributed by atoms with Gasteiger partial charge in [0, 0.05) is 17.5 Å². The predicted octanol–water partition coefficient (Wildman–Crippen LogP) is 3.36. The molecule has 0 aliphatic heterocycles. The third kappa shape index (κ3) is 3.94.